The van der Waals surface area contributed by atoms with E-state index in [-0.39, 0.29) is 12.4 Å². The summed E-state index contributed by atoms with van der Waals surface area (Å²) in [4.78, 5) is 4.26. The Morgan fingerprint density at radius 1 is 1.47 bits per heavy atom. The lowest BCUT2D eigenvalue weighted by Crippen LogP contribution is -2.26. The minimum atomic E-state index is 0. The van der Waals surface area contributed by atoms with Crippen molar-refractivity contribution in [1.29, 1.82) is 0 Å². The molecule has 0 saturated carbocycles. The maximum Gasteiger partial charge on any atom is 0.195 e. The van der Waals surface area contributed by atoms with Crippen molar-refractivity contribution in [3.63, 3.8) is 0 Å². The molecule has 0 unspecified atom stereocenters. The highest BCUT2D eigenvalue weighted by Crippen LogP contribution is 2.20. The van der Waals surface area contributed by atoms with Gasteiger partial charge in [0.25, 0.3) is 0 Å². The smallest absolute Gasteiger partial charge is 0.195 e. The van der Waals surface area contributed by atoms with E-state index in [0.717, 1.165) is 36.0 Å². The molecule has 15 heavy (non-hydrogen) atoms. The van der Waals surface area contributed by atoms with Crippen molar-refractivity contribution < 1.29 is 0 Å². The average Bonchev–Trinajstić information content (AvgIpc) is 2.66. The molecule has 0 saturated heterocycles. The number of hydrogen-bond acceptors (Lipinski definition) is 4. The fourth-order valence-corrected chi connectivity index (χ4v) is 1.40. The van der Waals surface area contributed by atoms with Crippen LogP contribution >= 0.6 is 12.4 Å². The van der Waals surface area contributed by atoms with Crippen LogP contribution in [0, 0.1) is 6.92 Å². The van der Waals surface area contributed by atoms with E-state index in [1.165, 1.54) is 0 Å². The Bertz CT molecular complexity index is 376. The van der Waals surface area contributed by atoms with Gasteiger partial charge in [0.2, 0.25) is 0 Å². The zero-order valence-corrected chi connectivity index (χ0v) is 9.40. The summed E-state index contributed by atoms with van der Waals surface area (Å²) in [5.74, 6) is 0.832. The molecule has 2 rings (SSSR count). The largest absolute Gasteiger partial charge is 0.398 e. The van der Waals surface area contributed by atoms with E-state index in [1.54, 1.807) is 0 Å². The minimum absolute atomic E-state index is 0. The topological polar surface area (TPSA) is 62.4 Å². The molecule has 1 aromatic carbocycles. The lowest BCUT2D eigenvalue weighted by Gasteiger charge is -2.10. The molecule has 1 aromatic rings. The normalized spacial score (nSPS) is 13.8. The van der Waals surface area contributed by atoms with Gasteiger partial charge in [0, 0.05) is 17.9 Å². The minimum Gasteiger partial charge on any atom is -0.398 e. The number of aliphatic imine (C=N–C) groups is 1. The van der Waals surface area contributed by atoms with Crippen LogP contribution in [0.1, 0.15) is 5.56 Å². The monoisotopic (exact) mass is 226 g/mol. The molecule has 4 N–H and O–H groups in total. The molecule has 1 aliphatic rings. The van der Waals surface area contributed by atoms with Gasteiger partial charge in [-0.15, -0.1) is 12.4 Å². The van der Waals surface area contributed by atoms with E-state index in [0.29, 0.717) is 0 Å². The van der Waals surface area contributed by atoms with Gasteiger partial charge in [-0.3, -0.25) is 4.99 Å². The molecule has 0 radical (unpaired) electrons. The third-order valence-corrected chi connectivity index (χ3v) is 2.30. The van der Waals surface area contributed by atoms with Crippen molar-refractivity contribution in [3.05, 3.63) is 23.8 Å². The highest BCUT2D eigenvalue weighted by atomic mass is 35.5. The molecule has 4 nitrogen and oxygen atoms in total. The number of benzene rings is 1. The van der Waals surface area contributed by atoms with Gasteiger partial charge in [0.05, 0.1) is 6.54 Å². The Balaban J connectivity index is 0.00000112. The highest BCUT2D eigenvalue weighted by Gasteiger charge is 2.07. The van der Waals surface area contributed by atoms with Gasteiger partial charge in [0.15, 0.2) is 5.96 Å². The molecule has 0 amide bonds. The third kappa shape index (κ3) is 2.53. The molecular weight excluding hydrogens is 212 g/mol. The zero-order valence-electron chi connectivity index (χ0n) is 8.58. The van der Waals surface area contributed by atoms with Gasteiger partial charge < -0.3 is 16.4 Å². The number of nitrogen functional groups attached to an aromatic ring is 1. The molecular formula is C10H15ClN4. The molecule has 0 aromatic heterocycles. The van der Waals surface area contributed by atoms with Gasteiger partial charge in [-0.2, -0.15) is 0 Å². The van der Waals surface area contributed by atoms with Crippen LogP contribution in [-0.2, 0) is 0 Å². The van der Waals surface area contributed by atoms with Crippen LogP contribution in [0.2, 0.25) is 0 Å². The van der Waals surface area contributed by atoms with Crippen LogP contribution in [0.5, 0.6) is 0 Å². The van der Waals surface area contributed by atoms with Gasteiger partial charge in [0.1, 0.15) is 0 Å². The lowest BCUT2D eigenvalue weighted by molar-refractivity contribution is 0.959. The predicted octanol–water partition coefficient (Wildman–Crippen LogP) is 1.37. The summed E-state index contributed by atoms with van der Waals surface area (Å²) in [6.45, 7) is 3.74. The molecule has 1 aliphatic heterocycles. The number of guanidine groups is 1. The van der Waals surface area contributed by atoms with Crippen molar-refractivity contribution in [2.45, 2.75) is 6.92 Å². The SMILES string of the molecule is Cc1c(N)cccc1NC1=NCCN1.Cl. The summed E-state index contributed by atoms with van der Waals surface area (Å²) >= 11 is 0. The Morgan fingerprint density at radius 2 is 2.27 bits per heavy atom. The maximum absolute atomic E-state index is 5.79. The van der Waals surface area contributed by atoms with Crippen molar-refractivity contribution in [3.8, 4) is 0 Å². The summed E-state index contributed by atoms with van der Waals surface area (Å²) in [6.07, 6.45) is 0. The molecule has 1 heterocycles. The van der Waals surface area contributed by atoms with Crippen molar-refractivity contribution in [2.24, 2.45) is 4.99 Å². The zero-order chi connectivity index (χ0) is 9.97. The van der Waals surface area contributed by atoms with Crippen LogP contribution < -0.4 is 16.4 Å². The van der Waals surface area contributed by atoms with Gasteiger partial charge >= 0.3 is 0 Å². The highest BCUT2D eigenvalue weighted by molar-refractivity contribution is 5.95. The summed E-state index contributed by atoms with van der Waals surface area (Å²) < 4.78 is 0. The number of hydrogen-bond donors (Lipinski definition) is 3. The first kappa shape index (κ1) is 11.7. The molecule has 0 atom stereocenters. The summed E-state index contributed by atoms with van der Waals surface area (Å²) in [7, 11) is 0. The lowest BCUT2D eigenvalue weighted by atomic mass is 10.1. The van der Waals surface area contributed by atoms with Crippen LogP contribution in [0.4, 0.5) is 11.4 Å². The van der Waals surface area contributed by atoms with Gasteiger partial charge in [-0.05, 0) is 24.6 Å². The first-order valence-corrected chi connectivity index (χ1v) is 4.68. The molecule has 0 aliphatic carbocycles. The van der Waals surface area contributed by atoms with Crippen molar-refractivity contribution >= 4 is 29.7 Å². The Labute approximate surface area is 95.4 Å². The maximum atomic E-state index is 5.79. The summed E-state index contributed by atoms with van der Waals surface area (Å²) in [5, 5.41) is 6.36. The van der Waals surface area contributed by atoms with E-state index in [4.69, 9.17) is 5.73 Å². The first-order chi connectivity index (χ1) is 6.77. The Hall–Kier alpha value is -1.42. The number of anilines is 2. The molecule has 0 fully saturated rings. The molecule has 82 valence electrons. The van der Waals surface area contributed by atoms with E-state index in [9.17, 15) is 0 Å². The fourth-order valence-electron chi connectivity index (χ4n) is 1.40. The van der Waals surface area contributed by atoms with Gasteiger partial charge in [-0.1, -0.05) is 6.07 Å². The quantitative estimate of drug-likeness (QED) is 0.634. The van der Waals surface area contributed by atoms with E-state index >= 15 is 0 Å². The standard InChI is InChI=1S/C10H14N4.ClH/c1-7-8(11)3-2-4-9(7)14-10-12-5-6-13-10;/h2-4H,5-6,11H2,1H3,(H2,12,13,14);1H. The van der Waals surface area contributed by atoms with E-state index in [2.05, 4.69) is 15.6 Å². The molecule has 0 spiro atoms. The second-order valence-corrected chi connectivity index (χ2v) is 3.30. The Kier molecular flexibility index (Phi) is 3.80. The van der Waals surface area contributed by atoms with Gasteiger partial charge in [-0.25, -0.2) is 0 Å². The fraction of sp³-hybridized carbons (Fsp3) is 0.300. The van der Waals surface area contributed by atoms with Crippen LogP contribution in [-0.4, -0.2) is 19.0 Å². The average molecular weight is 227 g/mol. The van der Waals surface area contributed by atoms with Crippen LogP contribution in [0.3, 0.4) is 0 Å². The van der Waals surface area contributed by atoms with Crippen LogP contribution in [0.15, 0.2) is 23.2 Å². The Morgan fingerprint density at radius 3 is 2.93 bits per heavy atom. The summed E-state index contributed by atoms with van der Waals surface area (Å²) in [6, 6.07) is 5.82. The second kappa shape index (κ2) is 4.89. The molecule has 0 bridgehead atoms. The number of rotatable bonds is 1. The number of halogens is 1. The predicted molar refractivity (Wildman–Crippen MR) is 66.8 cm³/mol. The van der Waals surface area contributed by atoms with Crippen LogP contribution in [0.25, 0.3) is 0 Å². The number of nitrogens with zero attached hydrogens (tertiary/aromatic N) is 1. The number of nitrogens with two attached hydrogens (primary N) is 1. The van der Waals surface area contributed by atoms with E-state index < -0.39 is 0 Å². The van der Waals surface area contributed by atoms with Crippen molar-refractivity contribution in [1.82, 2.24) is 5.32 Å². The summed E-state index contributed by atoms with van der Waals surface area (Å²) in [5.41, 5.74) is 8.67. The third-order valence-electron chi connectivity index (χ3n) is 2.30. The molecule has 5 heteroatoms. The number of nitrogens with one attached hydrogen (secondary N) is 2. The van der Waals surface area contributed by atoms with E-state index in [1.807, 2.05) is 25.1 Å². The first-order valence-electron chi connectivity index (χ1n) is 4.68. The van der Waals surface area contributed by atoms with Crippen molar-refractivity contribution in [2.75, 3.05) is 24.1 Å². The second-order valence-electron chi connectivity index (χ2n) is 3.30.